The number of ether oxygens (including phenoxy) is 1. The highest BCUT2D eigenvalue weighted by molar-refractivity contribution is 7.13. The Morgan fingerprint density at radius 3 is 3.00 bits per heavy atom. The first-order valence-corrected chi connectivity index (χ1v) is 6.52. The van der Waals surface area contributed by atoms with Crippen LogP contribution in [0.3, 0.4) is 0 Å². The van der Waals surface area contributed by atoms with Gasteiger partial charge in [0.2, 0.25) is 0 Å². The van der Waals surface area contributed by atoms with Gasteiger partial charge in [0.05, 0.1) is 16.7 Å². The molecule has 104 valence electrons. The molecule has 0 saturated carbocycles. The average Bonchev–Trinajstić information content (AvgIpc) is 2.82. The molecule has 0 bridgehead atoms. The van der Waals surface area contributed by atoms with Gasteiger partial charge in [-0.1, -0.05) is 6.07 Å². The van der Waals surface area contributed by atoms with Crippen LogP contribution in [0.4, 0.5) is 10.8 Å². The van der Waals surface area contributed by atoms with Gasteiger partial charge >= 0.3 is 0 Å². The van der Waals surface area contributed by atoms with Crippen LogP contribution in [0.15, 0.2) is 29.6 Å². The number of aryl methyl sites for hydroxylation is 1. The van der Waals surface area contributed by atoms with Crippen LogP contribution in [0.5, 0.6) is 5.75 Å². The van der Waals surface area contributed by atoms with E-state index in [9.17, 15) is 14.9 Å². The minimum absolute atomic E-state index is 0.0848. The summed E-state index contributed by atoms with van der Waals surface area (Å²) >= 11 is 1.32. The first kappa shape index (κ1) is 13.9. The molecular weight excluding hydrogens is 282 g/mol. The lowest BCUT2D eigenvalue weighted by atomic mass is 10.3. The summed E-state index contributed by atoms with van der Waals surface area (Å²) in [5.41, 5.74) is 0.739. The lowest BCUT2D eigenvalue weighted by Gasteiger charge is -2.05. The number of nitro benzene ring substituents is 1. The summed E-state index contributed by atoms with van der Waals surface area (Å²) in [6.07, 6.45) is 0. The second-order valence-corrected chi connectivity index (χ2v) is 4.74. The molecule has 1 heterocycles. The monoisotopic (exact) mass is 293 g/mol. The Hall–Kier alpha value is -2.48. The Morgan fingerprint density at radius 2 is 2.35 bits per heavy atom. The molecule has 1 N–H and O–H groups in total. The van der Waals surface area contributed by atoms with Gasteiger partial charge in [-0.2, -0.15) is 0 Å². The molecule has 0 aliphatic heterocycles. The third kappa shape index (κ3) is 3.75. The number of amides is 1. The van der Waals surface area contributed by atoms with E-state index in [0.717, 1.165) is 5.69 Å². The molecular formula is C12H11N3O4S. The minimum Gasteiger partial charge on any atom is -0.484 e. The van der Waals surface area contributed by atoms with Crippen molar-refractivity contribution in [3.05, 3.63) is 45.5 Å². The van der Waals surface area contributed by atoms with Crippen molar-refractivity contribution in [3.8, 4) is 5.75 Å². The van der Waals surface area contributed by atoms with E-state index in [4.69, 9.17) is 4.74 Å². The smallest absolute Gasteiger partial charge is 0.273 e. The second-order valence-electron chi connectivity index (χ2n) is 3.89. The Morgan fingerprint density at radius 1 is 1.55 bits per heavy atom. The summed E-state index contributed by atoms with van der Waals surface area (Å²) in [5, 5.41) is 15.5. The molecule has 1 aromatic heterocycles. The summed E-state index contributed by atoms with van der Waals surface area (Å²) in [6.45, 7) is 1.59. The van der Waals surface area contributed by atoms with Crippen molar-refractivity contribution < 1.29 is 14.5 Å². The van der Waals surface area contributed by atoms with Crippen molar-refractivity contribution in [2.75, 3.05) is 11.9 Å². The number of carbonyl (C=O) groups excluding carboxylic acids is 1. The second kappa shape index (κ2) is 6.11. The van der Waals surface area contributed by atoms with Crippen LogP contribution >= 0.6 is 11.3 Å². The topological polar surface area (TPSA) is 94.4 Å². The van der Waals surface area contributed by atoms with Crippen LogP contribution in [0.2, 0.25) is 0 Å². The third-order valence-electron chi connectivity index (χ3n) is 2.26. The van der Waals surface area contributed by atoms with Gasteiger partial charge in [-0.25, -0.2) is 4.98 Å². The number of nitrogens with one attached hydrogen (secondary N) is 1. The Kier molecular flexibility index (Phi) is 4.26. The van der Waals surface area contributed by atoms with Gasteiger partial charge < -0.3 is 4.74 Å². The first-order valence-electron chi connectivity index (χ1n) is 5.64. The Balaban J connectivity index is 1.90. The molecule has 7 nitrogen and oxygen atoms in total. The summed E-state index contributed by atoms with van der Waals surface area (Å²) in [7, 11) is 0. The number of hydrogen-bond acceptors (Lipinski definition) is 6. The molecule has 0 unspecified atom stereocenters. The molecule has 0 atom stereocenters. The molecule has 2 rings (SSSR count). The van der Waals surface area contributed by atoms with E-state index in [2.05, 4.69) is 10.3 Å². The maximum atomic E-state index is 11.6. The number of aromatic nitrogens is 1. The summed E-state index contributed by atoms with van der Waals surface area (Å²) in [5.74, 6) is -0.101. The van der Waals surface area contributed by atoms with Crippen LogP contribution in [0, 0.1) is 17.0 Å². The zero-order valence-corrected chi connectivity index (χ0v) is 11.3. The van der Waals surface area contributed by atoms with Crippen molar-refractivity contribution in [1.82, 2.24) is 4.98 Å². The highest BCUT2D eigenvalue weighted by atomic mass is 32.1. The number of benzene rings is 1. The van der Waals surface area contributed by atoms with Gasteiger partial charge in [0.25, 0.3) is 11.6 Å². The van der Waals surface area contributed by atoms with E-state index in [0.29, 0.717) is 5.13 Å². The molecule has 8 heteroatoms. The summed E-state index contributed by atoms with van der Waals surface area (Å²) in [6, 6.07) is 5.66. The van der Waals surface area contributed by atoms with Gasteiger partial charge in [-0.3, -0.25) is 20.2 Å². The largest absolute Gasteiger partial charge is 0.484 e. The molecule has 1 aromatic carbocycles. The van der Waals surface area contributed by atoms with Gasteiger partial charge in [-0.05, 0) is 13.0 Å². The summed E-state index contributed by atoms with van der Waals surface area (Å²) in [4.78, 5) is 25.8. The Bertz CT molecular complexity index is 641. The summed E-state index contributed by atoms with van der Waals surface area (Å²) < 4.78 is 5.20. The predicted octanol–water partition coefficient (Wildman–Crippen LogP) is 2.38. The van der Waals surface area contributed by atoms with Crippen LogP contribution in [0.25, 0.3) is 0 Å². The lowest BCUT2D eigenvalue weighted by Crippen LogP contribution is -2.20. The van der Waals surface area contributed by atoms with E-state index >= 15 is 0 Å². The quantitative estimate of drug-likeness (QED) is 0.674. The van der Waals surface area contributed by atoms with Crippen molar-refractivity contribution >= 4 is 28.1 Å². The molecule has 0 saturated heterocycles. The number of carbonyl (C=O) groups is 1. The number of non-ortho nitro benzene ring substituents is 1. The number of thiazole rings is 1. The molecule has 0 aliphatic rings. The normalized spacial score (nSPS) is 10.1. The maximum Gasteiger partial charge on any atom is 0.273 e. The molecule has 0 radical (unpaired) electrons. The standard InChI is InChI=1S/C12H11N3O4S/c1-8-7-20-12(13-8)14-11(16)6-19-10-4-2-3-9(5-10)15(17)18/h2-5,7H,6H2,1H3,(H,13,14,16). The molecule has 0 spiro atoms. The van der Waals surface area contributed by atoms with Crippen molar-refractivity contribution in [2.24, 2.45) is 0 Å². The van der Waals surface area contributed by atoms with Gasteiger partial charge in [0.15, 0.2) is 11.7 Å². The van der Waals surface area contributed by atoms with Crippen molar-refractivity contribution in [2.45, 2.75) is 6.92 Å². The highest BCUT2D eigenvalue weighted by Crippen LogP contribution is 2.19. The maximum absolute atomic E-state index is 11.6. The number of rotatable bonds is 5. The fourth-order valence-corrected chi connectivity index (χ4v) is 2.11. The lowest BCUT2D eigenvalue weighted by molar-refractivity contribution is -0.384. The van der Waals surface area contributed by atoms with Gasteiger partial charge in [0.1, 0.15) is 5.75 Å². The van der Waals surface area contributed by atoms with E-state index < -0.39 is 4.92 Å². The highest BCUT2D eigenvalue weighted by Gasteiger charge is 2.09. The van der Waals surface area contributed by atoms with Crippen LogP contribution in [-0.4, -0.2) is 22.4 Å². The van der Waals surface area contributed by atoms with Crippen LogP contribution in [0.1, 0.15) is 5.69 Å². The fraction of sp³-hybridized carbons (Fsp3) is 0.167. The van der Waals surface area contributed by atoms with E-state index in [1.54, 1.807) is 6.07 Å². The molecule has 1 amide bonds. The number of hydrogen-bond donors (Lipinski definition) is 1. The fourth-order valence-electron chi connectivity index (χ4n) is 1.40. The van der Waals surface area contributed by atoms with Crippen molar-refractivity contribution in [1.29, 1.82) is 0 Å². The van der Waals surface area contributed by atoms with Crippen LogP contribution < -0.4 is 10.1 Å². The molecule has 0 fully saturated rings. The Labute approximate surface area is 118 Å². The number of nitrogens with zero attached hydrogens (tertiary/aromatic N) is 2. The zero-order valence-electron chi connectivity index (χ0n) is 10.5. The third-order valence-corrected chi connectivity index (χ3v) is 3.14. The van der Waals surface area contributed by atoms with Crippen molar-refractivity contribution in [3.63, 3.8) is 0 Å². The molecule has 2 aromatic rings. The molecule has 0 aliphatic carbocycles. The first-order chi connectivity index (χ1) is 9.54. The molecule has 20 heavy (non-hydrogen) atoms. The SMILES string of the molecule is Cc1csc(NC(=O)COc2cccc([N+](=O)[O-])c2)n1. The van der Waals surface area contributed by atoms with E-state index in [1.807, 2.05) is 12.3 Å². The van der Waals surface area contributed by atoms with Gasteiger partial charge in [-0.15, -0.1) is 11.3 Å². The number of nitro groups is 1. The van der Waals surface area contributed by atoms with Gasteiger partial charge in [0, 0.05) is 11.4 Å². The van der Waals surface area contributed by atoms with E-state index in [1.165, 1.54) is 29.5 Å². The number of anilines is 1. The average molecular weight is 293 g/mol. The van der Waals surface area contributed by atoms with Crippen LogP contribution in [-0.2, 0) is 4.79 Å². The van der Waals surface area contributed by atoms with E-state index in [-0.39, 0.29) is 24.0 Å². The zero-order chi connectivity index (χ0) is 14.5. The minimum atomic E-state index is -0.523. The predicted molar refractivity (Wildman–Crippen MR) is 74.1 cm³/mol.